The molecule has 0 atom stereocenters. The Kier molecular flexibility index (Phi) is 9.45. The minimum Gasteiger partial charge on any atom is -0.434 e. The van der Waals surface area contributed by atoms with Crippen LogP contribution in [0.15, 0.2) is 24.3 Å². The van der Waals surface area contributed by atoms with E-state index in [1.165, 1.54) is 25.7 Å². The van der Waals surface area contributed by atoms with Crippen LogP contribution in [0.3, 0.4) is 0 Å². The van der Waals surface area contributed by atoms with Crippen LogP contribution in [0.4, 0.5) is 4.79 Å². The number of benzene rings is 1. The number of unbranched alkanes of at least 4 members (excludes halogenated alkanes) is 5. The first kappa shape index (κ1) is 17.3. The van der Waals surface area contributed by atoms with Crippen LogP contribution in [0, 0.1) is 3.57 Å². The van der Waals surface area contributed by atoms with Crippen molar-refractivity contribution < 1.29 is 14.3 Å². The third-order valence-corrected chi connectivity index (χ3v) is 3.63. The molecule has 3 nitrogen and oxygen atoms in total. The van der Waals surface area contributed by atoms with Crippen LogP contribution >= 0.6 is 22.6 Å². The Bertz CT molecular complexity index is 393. The van der Waals surface area contributed by atoms with Gasteiger partial charge in [-0.15, -0.1) is 0 Å². The molecule has 0 aliphatic rings. The second-order valence-electron chi connectivity index (χ2n) is 4.78. The SMILES string of the molecule is CCCCCCCCOC(=O)OCc1cccc(I)c1. The van der Waals surface area contributed by atoms with Gasteiger partial charge >= 0.3 is 6.16 Å². The molecular formula is C16H23IO3. The van der Waals surface area contributed by atoms with Crippen molar-refractivity contribution in [1.82, 2.24) is 0 Å². The van der Waals surface area contributed by atoms with Crippen LogP contribution < -0.4 is 0 Å². The summed E-state index contributed by atoms with van der Waals surface area (Å²) in [6, 6.07) is 7.87. The van der Waals surface area contributed by atoms with Crippen LogP contribution in [-0.4, -0.2) is 12.8 Å². The predicted octanol–water partition coefficient (Wildman–Crippen LogP) is 5.30. The van der Waals surface area contributed by atoms with E-state index < -0.39 is 6.16 Å². The van der Waals surface area contributed by atoms with E-state index in [9.17, 15) is 4.79 Å². The highest BCUT2D eigenvalue weighted by Gasteiger charge is 2.04. The average molecular weight is 390 g/mol. The van der Waals surface area contributed by atoms with E-state index in [4.69, 9.17) is 9.47 Å². The van der Waals surface area contributed by atoms with Gasteiger partial charge in [-0.25, -0.2) is 4.79 Å². The lowest BCUT2D eigenvalue weighted by Crippen LogP contribution is -2.08. The van der Waals surface area contributed by atoms with Gasteiger partial charge in [0.25, 0.3) is 0 Å². The monoisotopic (exact) mass is 390 g/mol. The zero-order valence-electron chi connectivity index (χ0n) is 12.1. The van der Waals surface area contributed by atoms with Gasteiger partial charge in [0, 0.05) is 3.57 Å². The first-order valence-corrected chi connectivity index (χ1v) is 8.34. The third kappa shape index (κ3) is 8.40. The Balaban J connectivity index is 2.03. The van der Waals surface area contributed by atoms with Gasteiger partial charge in [0.15, 0.2) is 0 Å². The smallest absolute Gasteiger partial charge is 0.434 e. The molecule has 4 heteroatoms. The van der Waals surface area contributed by atoms with E-state index in [1.54, 1.807) is 0 Å². The van der Waals surface area contributed by atoms with Gasteiger partial charge in [0.2, 0.25) is 0 Å². The number of hydrogen-bond donors (Lipinski definition) is 0. The minimum absolute atomic E-state index is 0.270. The first-order chi connectivity index (χ1) is 9.72. The Labute approximate surface area is 135 Å². The highest BCUT2D eigenvalue weighted by molar-refractivity contribution is 14.1. The molecule has 1 aromatic rings. The molecule has 112 valence electrons. The van der Waals surface area contributed by atoms with Gasteiger partial charge in [-0.1, -0.05) is 51.2 Å². The number of carbonyl (C=O) groups is 1. The lowest BCUT2D eigenvalue weighted by molar-refractivity contribution is 0.0487. The number of carbonyl (C=O) groups excluding carboxylic acids is 1. The van der Waals surface area contributed by atoms with Crippen LogP contribution in [-0.2, 0) is 16.1 Å². The molecule has 0 amide bonds. The van der Waals surface area contributed by atoms with Crippen molar-refractivity contribution in [1.29, 1.82) is 0 Å². The summed E-state index contributed by atoms with van der Waals surface area (Å²) in [4.78, 5) is 11.4. The lowest BCUT2D eigenvalue weighted by Gasteiger charge is -2.06. The maximum absolute atomic E-state index is 11.4. The van der Waals surface area contributed by atoms with Crippen molar-refractivity contribution in [3.05, 3.63) is 33.4 Å². The molecule has 0 aliphatic heterocycles. The Morgan fingerprint density at radius 2 is 1.85 bits per heavy atom. The fourth-order valence-corrected chi connectivity index (χ4v) is 2.46. The third-order valence-electron chi connectivity index (χ3n) is 2.96. The molecule has 0 radical (unpaired) electrons. The van der Waals surface area contributed by atoms with E-state index >= 15 is 0 Å². The minimum atomic E-state index is -0.572. The zero-order chi connectivity index (χ0) is 14.6. The standard InChI is InChI=1S/C16H23IO3/c1-2-3-4-5-6-7-11-19-16(18)20-13-14-9-8-10-15(17)12-14/h8-10,12H,2-7,11,13H2,1H3. The van der Waals surface area contributed by atoms with E-state index in [0.29, 0.717) is 6.61 Å². The molecule has 0 unspecified atom stereocenters. The summed E-state index contributed by atoms with van der Waals surface area (Å²) in [5, 5.41) is 0. The molecule has 0 heterocycles. The van der Waals surface area contributed by atoms with Crippen molar-refractivity contribution in [2.45, 2.75) is 52.1 Å². The lowest BCUT2D eigenvalue weighted by atomic mass is 10.1. The van der Waals surface area contributed by atoms with Gasteiger partial charge in [-0.05, 0) is 46.7 Å². The topological polar surface area (TPSA) is 35.5 Å². The average Bonchev–Trinajstić information content (AvgIpc) is 2.44. The quantitative estimate of drug-likeness (QED) is 0.326. The maximum atomic E-state index is 11.4. The van der Waals surface area contributed by atoms with Crippen molar-refractivity contribution >= 4 is 28.7 Å². The van der Waals surface area contributed by atoms with E-state index in [1.807, 2.05) is 24.3 Å². The van der Waals surface area contributed by atoms with Crippen molar-refractivity contribution in [2.75, 3.05) is 6.61 Å². The summed E-state index contributed by atoms with van der Waals surface area (Å²) < 4.78 is 11.2. The fourth-order valence-electron chi connectivity index (χ4n) is 1.85. The van der Waals surface area contributed by atoms with Crippen LogP contribution in [0.2, 0.25) is 0 Å². The Hall–Kier alpha value is -0.780. The number of hydrogen-bond acceptors (Lipinski definition) is 3. The van der Waals surface area contributed by atoms with Gasteiger partial charge in [0.1, 0.15) is 6.61 Å². The molecule has 0 fully saturated rings. The molecule has 0 aliphatic carbocycles. The Morgan fingerprint density at radius 3 is 2.60 bits per heavy atom. The summed E-state index contributed by atoms with van der Waals surface area (Å²) in [5.74, 6) is 0. The highest BCUT2D eigenvalue weighted by Crippen LogP contribution is 2.09. The molecule has 0 N–H and O–H groups in total. The summed E-state index contributed by atoms with van der Waals surface area (Å²) >= 11 is 2.23. The number of ether oxygens (including phenoxy) is 2. The van der Waals surface area contributed by atoms with Crippen LogP contribution in [0.25, 0.3) is 0 Å². The van der Waals surface area contributed by atoms with Crippen LogP contribution in [0.5, 0.6) is 0 Å². The second kappa shape index (κ2) is 10.9. The first-order valence-electron chi connectivity index (χ1n) is 7.26. The molecular weight excluding hydrogens is 367 g/mol. The van der Waals surface area contributed by atoms with E-state index in [-0.39, 0.29) is 6.61 Å². The molecule has 0 aromatic heterocycles. The van der Waals surface area contributed by atoms with Crippen molar-refractivity contribution in [2.24, 2.45) is 0 Å². The molecule has 20 heavy (non-hydrogen) atoms. The molecule has 0 saturated heterocycles. The maximum Gasteiger partial charge on any atom is 0.508 e. The number of rotatable bonds is 9. The van der Waals surface area contributed by atoms with Crippen LogP contribution in [0.1, 0.15) is 51.0 Å². The molecule has 0 spiro atoms. The fraction of sp³-hybridized carbons (Fsp3) is 0.562. The second-order valence-corrected chi connectivity index (χ2v) is 6.03. The van der Waals surface area contributed by atoms with Gasteiger partial charge in [-0.2, -0.15) is 0 Å². The van der Waals surface area contributed by atoms with E-state index in [2.05, 4.69) is 29.5 Å². The summed E-state index contributed by atoms with van der Waals surface area (Å²) in [7, 11) is 0. The summed E-state index contributed by atoms with van der Waals surface area (Å²) in [5.41, 5.74) is 0.980. The largest absolute Gasteiger partial charge is 0.508 e. The van der Waals surface area contributed by atoms with E-state index in [0.717, 1.165) is 22.0 Å². The summed E-state index contributed by atoms with van der Waals surface area (Å²) in [6.07, 6.45) is 6.49. The molecule has 1 aromatic carbocycles. The molecule has 0 bridgehead atoms. The predicted molar refractivity (Wildman–Crippen MR) is 88.7 cm³/mol. The molecule has 0 saturated carbocycles. The van der Waals surface area contributed by atoms with Gasteiger partial charge in [-0.3, -0.25) is 0 Å². The van der Waals surface area contributed by atoms with Gasteiger partial charge in [0.05, 0.1) is 6.61 Å². The van der Waals surface area contributed by atoms with Crippen molar-refractivity contribution in [3.8, 4) is 0 Å². The Morgan fingerprint density at radius 1 is 1.10 bits per heavy atom. The highest BCUT2D eigenvalue weighted by atomic mass is 127. The van der Waals surface area contributed by atoms with Gasteiger partial charge < -0.3 is 9.47 Å². The zero-order valence-corrected chi connectivity index (χ0v) is 14.2. The normalized spacial score (nSPS) is 10.3. The summed E-state index contributed by atoms with van der Waals surface area (Å²) in [6.45, 7) is 2.93. The molecule has 1 rings (SSSR count). The van der Waals surface area contributed by atoms with Crippen molar-refractivity contribution in [3.63, 3.8) is 0 Å². The number of halogens is 1.